The third-order valence-electron chi connectivity index (χ3n) is 5.20. The maximum atomic E-state index is 12.3. The molecule has 1 fully saturated rings. The van der Waals surface area contributed by atoms with Crippen molar-refractivity contribution in [1.29, 1.82) is 0 Å². The van der Waals surface area contributed by atoms with E-state index in [1.54, 1.807) is 12.4 Å². The Hall–Kier alpha value is -2.47. The first-order valence-electron chi connectivity index (χ1n) is 9.76. The number of rotatable bonds is 7. The summed E-state index contributed by atoms with van der Waals surface area (Å²) in [6.45, 7) is 5.85. The van der Waals surface area contributed by atoms with Crippen molar-refractivity contribution in [3.05, 3.63) is 54.0 Å². The molecule has 0 saturated carbocycles. The van der Waals surface area contributed by atoms with Crippen LogP contribution in [0.5, 0.6) is 0 Å². The van der Waals surface area contributed by atoms with Gasteiger partial charge in [-0.25, -0.2) is 4.98 Å². The molecule has 1 amide bonds. The zero-order chi connectivity index (χ0) is 19.1. The fourth-order valence-corrected chi connectivity index (χ4v) is 3.42. The lowest BCUT2D eigenvalue weighted by Crippen LogP contribution is -2.51. The molecule has 1 saturated heterocycles. The number of hydrogen-bond acceptors (Lipinski definition) is 5. The number of hydrogen-bond donors (Lipinski definition) is 1. The van der Waals surface area contributed by atoms with Gasteiger partial charge < -0.3 is 10.2 Å². The highest BCUT2D eigenvalue weighted by Crippen LogP contribution is 2.18. The third kappa shape index (κ3) is 5.26. The first-order valence-corrected chi connectivity index (χ1v) is 9.76. The number of pyridine rings is 2. The quantitative estimate of drug-likeness (QED) is 0.762. The van der Waals surface area contributed by atoms with Crippen LogP contribution in [-0.4, -0.2) is 60.0 Å². The maximum Gasteiger partial charge on any atom is 0.252 e. The molecule has 0 radical (unpaired) electrons. The highest BCUT2D eigenvalue weighted by atomic mass is 16.1. The van der Waals surface area contributed by atoms with Crippen molar-refractivity contribution in [3.63, 3.8) is 0 Å². The van der Waals surface area contributed by atoms with E-state index in [0.29, 0.717) is 18.2 Å². The summed E-state index contributed by atoms with van der Waals surface area (Å²) >= 11 is 0. The molecule has 0 bridgehead atoms. The first kappa shape index (κ1) is 19.3. The normalized spacial score (nSPS) is 17.7. The van der Waals surface area contributed by atoms with Crippen molar-refractivity contribution >= 4 is 11.7 Å². The van der Waals surface area contributed by atoms with Gasteiger partial charge in [0.2, 0.25) is 0 Å². The van der Waals surface area contributed by atoms with Crippen LogP contribution >= 0.6 is 0 Å². The third-order valence-corrected chi connectivity index (χ3v) is 5.20. The van der Waals surface area contributed by atoms with Crippen molar-refractivity contribution in [2.75, 3.05) is 38.1 Å². The van der Waals surface area contributed by atoms with Gasteiger partial charge in [0.25, 0.3) is 5.91 Å². The Morgan fingerprint density at radius 3 is 2.81 bits per heavy atom. The average molecular weight is 367 g/mol. The molecule has 3 rings (SSSR count). The molecule has 6 heteroatoms. The molecular weight excluding hydrogens is 338 g/mol. The van der Waals surface area contributed by atoms with Crippen LogP contribution in [0.3, 0.4) is 0 Å². The second-order valence-electron chi connectivity index (χ2n) is 7.07. The molecule has 2 aromatic heterocycles. The van der Waals surface area contributed by atoms with Gasteiger partial charge in [-0.15, -0.1) is 0 Å². The Morgan fingerprint density at radius 1 is 1.22 bits per heavy atom. The van der Waals surface area contributed by atoms with Gasteiger partial charge >= 0.3 is 0 Å². The van der Waals surface area contributed by atoms with Gasteiger partial charge in [0, 0.05) is 50.3 Å². The molecule has 1 atom stereocenters. The Kier molecular flexibility index (Phi) is 6.76. The van der Waals surface area contributed by atoms with Crippen LogP contribution in [0, 0.1) is 0 Å². The van der Waals surface area contributed by atoms with Gasteiger partial charge in [-0.3, -0.25) is 14.7 Å². The number of likely N-dealkylation sites (N-methyl/N-ethyl adjacent to an activating group) is 1. The molecule has 3 heterocycles. The molecule has 1 N–H and O–H groups in total. The van der Waals surface area contributed by atoms with Gasteiger partial charge in [0.05, 0.1) is 5.56 Å². The second-order valence-corrected chi connectivity index (χ2v) is 7.07. The number of carbonyl (C=O) groups excluding carboxylic acids is 1. The average Bonchev–Trinajstić information content (AvgIpc) is 2.72. The molecule has 0 spiro atoms. The van der Waals surface area contributed by atoms with Crippen LogP contribution < -0.4 is 10.2 Å². The number of amides is 1. The van der Waals surface area contributed by atoms with Gasteiger partial charge in [0.1, 0.15) is 5.82 Å². The summed E-state index contributed by atoms with van der Waals surface area (Å²) in [4.78, 5) is 25.8. The summed E-state index contributed by atoms with van der Waals surface area (Å²) in [5.74, 6) is 0.883. The van der Waals surface area contributed by atoms with Crippen molar-refractivity contribution in [3.8, 4) is 0 Å². The predicted octanol–water partition coefficient (Wildman–Crippen LogP) is 2.37. The lowest BCUT2D eigenvalue weighted by Gasteiger charge is -2.39. The summed E-state index contributed by atoms with van der Waals surface area (Å²) in [5.41, 5.74) is 1.66. The number of nitrogens with zero attached hydrogens (tertiary/aromatic N) is 4. The molecule has 1 aliphatic heterocycles. The van der Waals surface area contributed by atoms with E-state index in [1.807, 2.05) is 30.3 Å². The maximum absolute atomic E-state index is 12.3. The van der Waals surface area contributed by atoms with Crippen LogP contribution in [0.15, 0.2) is 42.7 Å². The smallest absolute Gasteiger partial charge is 0.252 e. The van der Waals surface area contributed by atoms with Crippen molar-refractivity contribution in [2.45, 2.75) is 32.2 Å². The number of aromatic nitrogens is 2. The monoisotopic (exact) mass is 367 g/mol. The molecule has 144 valence electrons. The van der Waals surface area contributed by atoms with E-state index in [4.69, 9.17) is 0 Å². The zero-order valence-electron chi connectivity index (χ0n) is 16.3. The molecular formula is C21H29N5O. The minimum Gasteiger partial charge on any atom is -0.354 e. The molecule has 1 aliphatic rings. The topological polar surface area (TPSA) is 61.4 Å². The zero-order valence-corrected chi connectivity index (χ0v) is 16.3. The molecule has 0 aliphatic carbocycles. The molecule has 6 nitrogen and oxygen atoms in total. The van der Waals surface area contributed by atoms with Crippen LogP contribution in [0.2, 0.25) is 0 Å². The summed E-state index contributed by atoms with van der Waals surface area (Å²) in [7, 11) is 2.18. The van der Waals surface area contributed by atoms with E-state index >= 15 is 0 Å². The largest absolute Gasteiger partial charge is 0.354 e. The van der Waals surface area contributed by atoms with E-state index in [2.05, 4.69) is 39.1 Å². The van der Waals surface area contributed by atoms with E-state index < -0.39 is 0 Å². The van der Waals surface area contributed by atoms with Crippen molar-refractivity contribution in [2.24, 2.45) is 0 Å². The van der Waals surface area contributed by atoms with Crippen LogP contribution in [0.1, 0.15) is 35.8 Å². The number of anilines is 1. The van der Waals surface area contributed by atoms with Gasteiger partial charge in [-0.1, -0.05) is 13.0 Å². The van der Waals surface area contributed by atoms with Gasteiger partial charge in [-0.2, -0.15) is 0 Å². The predicted molar refractivity (Wildman–Crippen MR) is 108 cm³/mol. The fraction of sp³-hybridized carbons (Fsp3) is 0.476. The molecule has 2 aromatic rings. The molecule has 27 heavy (non-hydrogen) atoms. The molecule has 0 aromatic carbocycles. The summed E-state index contributed by atoms with van der Waals surface area (Å²) in [5, 5.41) is 2.96. The van der Waals surface area contributed by atoms with Crippen molar-refractivity contribution < 1.29 is 4.79 Å². The summed E-state index contributed by atoms with van der Waals surface area (Å²) in [6, 6.07) is 10.3. The number of piperazine rings is 1. The highest BCUT2D eigenvalue weighted by molar-refractivity contribution is 5.94. The Labute approximate surface area is 161 Å². The number of carbonyl (C=O) groups is 1. The van der Waals surface area contributed by atoms with E-state index in [1.165, 1.54) is 0 Å². The fourth-order valence-electron chi connectivity index (χ4n) is 3.42. The van der Waals surface area contributed by atoms with Crippen molar-refractivity contribution in [1.82, 2.24) is 20.2 Å². The summed E-state index contributed by atoms with van der Waals surface area (Å²) < 4.78 is 0. The second kappa shape index (κ2) is 9.46. The number of nitrogens with one attached hydrogen (secondary N) is 1. The van der Waals surface area contributed by atoms with Crippen LogP contribution in [0.4, 0.5) is 5.82 Å². The highest BCUT2D eigenvalue weighted by Gasteiger charge is 2.23. The van der Waals surface area contributed by atoms with E-state index in [9.17, 15) is 4.79 Å². The van der Waals surface area contributed by atoms with Gasteiger partial charge in [-0.05, 0) is 50.6 Å². The first-order chi connectivity index (χ1) is 13.2. The minimum atomic E-state index is -0.0696. The Morgan fingerprint density at radius 2 is 2.11 bits per heavy atom. The molecule has 1 unspecified atom stereocenters. The standard InChI is InChI=1S/C21H29N5O/c1-3-19-16-26(14-13-25(19)2)20-10-9-17(15-24-20)21(27)23-12-6-8-18-7-4-5-11-22-18/h4-5,7,9-11,15,19H,3,6,8,12-14,16H2,1-2H3,(H,23,27). The summed E-state index contributed by atoms with van der Waals surface area (Å²) in [6.07, 6.45) is 6.34. The Balaban J connectivity index is 1.47. The van der Waals surface area contributed by atoms with E-state index in [-0.39, 0.29) is 5.91 Å². The lowest BCUT2D eigenvalue weighted by atomic mass is 10.1. The SMILES string of the molecule is CCC1CN(c2ccc(C(=O)NCCCc3ccccn3)cn2)CCN1C. The van der Waals surface area contributed by atoms with Crippen LogP contribution in [0.25, 0.3) is 0 Å². The van der Waals surface area contributed by atoms with Gasteiger partial charge in [0.15, 0.2) is 0 Å². The van der Waals surface area contributed by atoms with E-state index in [0.717, 1.165) is 50.4 Å². The van der Waals surface area contributed by atoms with Crippen LogP contribution in [-0.2, 0) is 6.42 Å². The number of aryl methyl sites for hydroxylation is 1. The Bertz CT molecular complexity index is 719. The minimum absolute atomic E-state index is 0.0696. The lowest BCUT2D eigenvalue weighted by molar-refractivity contribution is 0.0953.